The Morgan fingerprint density at radius 1 is 1.08 bits per heavy atom. The zero-order valence-corrected chi connectivity index (χ0v) is 13.5. The molecule has 0 radical (unpaired) electrons. The van der Waals surface area contributed by atoms with Crippen LogP contribution in [0.2, 0.25) is 0 Å². The van der Waals surface area contributed by atoms with E-state index in [1.165, 1.54) is 33.1 Å². The number of esters is 2. The van der Waals surface area contributed by atoms with E-state index in [-0.39, 0.29) is 11.3 Å². The van der Waals surface area contributed by atoms with Gasteiger partial charge in [-0.05, 0) is 35.0 Å². The fourth-order valence-corrected chi connectivity index (χ4v) is 2.51. The summed E-state index contributed by atoms with van der Waals surface area (Å²) in [7, 11) is 1.53. The number of carbonyl (C=O) groups is 2. The molecule has 1 fully saturated rings. The largest absolute Gasteiger partial charge is 0.507 e. The Morgan fingerprint density at radius 3 is 2.33 bits per heavy atom. The second-order valence-corrected chi connectivity index (χ2v) is 5.82. The lowest BCUT2D eigenvalue weighted by Crippen LogP contribution is -2.41. The van der Waals surface area contributed by atoms with E-state index < -0.39 is 17.7 Å². The zero-order valence-electron chi connectivity index (χ0n) is 13.5. The topological polar surface area (TPSA) is 82.1 Å². The normalized spacial score (nSPS) is 16.5. The number of carbonyl (C=O) groups excluding carboxylic acids is 2. The minimum atomic E-state index is -1.31. The van der Waals surface area contributed by atoms with Crippen LogP contribution in [-0.4, -0.2) is 29.9 Å². The van der Waals surface area contributed by atoms with E-state index in [0.717, 1.165) is 5.39 Å². The van der Waals surface area contributed by atoms with Crippen LogP contribution in [-0.2, 0) is 19.1 Å². The molecule has 2 aromatic rings. The van der Waals surface area contributed by atoms with Crippen LogP contribution >= 0.6 is 0 Å². The van der Waals surface area contributed by atoms with Crippen molar-refractivity contribution in [1.82, 2.24) is 0 Å². The molecule has 6 nitrogen and oxygen atoms in total. The quantitative estimate of drug-likeness (QED) is 0.518. The van der Waals surface area contributed by atoms with Gasteiger partial charge in [-0.15, -0.1) is 0 Å². The van der Waals surface area contributed by atoms with Crippen LogP contribution in [0.15, 0.2) is 35.9 Å². The number of rotatable bonds is 2. The number of hydrogen-bond donors (Lipinski definition) is 1. The standard InChI is InChI=1S/C18H16O6/c1-18(2)23-16(20)14(17(21)24-18)9-13-12-8-11(22-3)6-4-10(12)5-7-15(13)19/h4-9,19H,1-3H3. The van der Waals surface area contributed by atoms with Crippen molar-refractivity contribution in [2.75, 3.05) is 7.11 Å². The van der Waals surface area contributed by atoms with Crippen LogP contribution in [0, 0.1) is 0 Å². The lowest BCUT2D eigenvalue weighted by atomic mass is 10.0. The van der Waals surface area contributed by atoms with E-state index in [1.54, 1.807) is 18.2 Å². The molecule has 24 heavy (non-hydrogen) atoms. The summed E-state index contributed by atoms with van der Waals surface area (Å²) < 4.78 is 15.3. The van der Waals surface area contributed by atoms with Gasteiger partial charge in [0.05, 0.1) is 7.11 Å². The first-order valence-electron chi connectivity index (χ1n) is 7.29. The summed E-state index contributed by atoms with van der Waals surface area (Å²) in [4.78, 5) is 24.2. The van der Waals surface area contributed by atoms with Crippen LogP contribution in [0.25, 0.3) is 16.8 Å². The van der Waals surface area contributed by atoms with Crippen LogP contribution in [0.4, 0.5) is 0 Å². The van der Waals surface area contributed by atoms with Crippen LogP contribution < -0.4 is 4.74 Å². The first-order valence-corrected chi connectivity index (χ1v) is 7.29. The van der Waals surface area contributed by atoms with Crippen molar-refractivity contribution in [1.29, 1.82) is 0 Å². The molecular formula is C18H16O6. The molecule has 0 atom stereocenters. The summed E-state index contributed by atoms with van der Waals surface area (Å²) in [6.07, 6.45) is 1.27. The van der Waals surface area contributed by atoms with Crippen molar-refractivity contribution >= 4 is 28.8 Å². The molecule has 1 aliphatic rings. The molecule has 3 rings (SSSR count). The SMILES string of the molecule is COc1ccc2ccc(O)c(C=C3C(=O)OC(C)(C)OC3=O)c2c1. The first kappa shape index (κ1) is 15.9. The Hall–Kier alpha value is -3.02. The van der Waals surface area contributed by atoms with Gasteiger partial charge in [0.15, 0.2) is 0 Å². The van der Waals surface area contributed by atoms with Crippen molar-refractivity contribution < 1.29 is 28.9 Å². The molecule has 0 bridgehead atoms. The number of aromatic hydroxyl groups is 1. The van der Waals surface area contributed by atoms with E-state index >= 15 is 0 Å². The maximum atomic E-state index is 12.1. The molecule has 1 heterocycles. The minimum absolute atomic E-state index is 0.0753. The van der Waals surface area contributed by atoms with Crippen molar-refractivity contribution in [2.45, 2.75) is 19.6 Å². The summed E-state index contributed by atoms with van der Waals surface area (Å²) in [5, 5.41) is 11.6. The lowest BCUT2D eigenvalue weighted by Gasteiger charge is -2.29. The maximum absolute atomic E-state index is 12.1. The fraction of sp³-hybridized carbons (Fsp3) is 0.222. The van der Waals surface area contributed by atoms with Gasteiger partial charge in [-0.25, -0.2) is 9.59 Å². The summed E-state index contributed by atoms with van der Waals surface area (Å²) in [6.45, 7) is 2.94. The van der Waals surface area contributed by atoms with Gasteiger partial charge < -0.3 is 19.3 Å². The average Bonchev–Trinajstić information content (AvgIpc) is 2.51. The molecule has 0 unspecified atom stereocenters. The summed E-state index contributed by atoms with van der Waals surface area (Å²) >= 11 is 0. The predicted molar refractivity (Wildman–Crippen MR) is 86.4 cm³/mol. The highest BCUT2D eigenvalue weighted by atomic mass is 16.7. The average molecular weight is 328 g/mol. The van der Waals surface area contributed by atoms with Crippen molar-refractivity contribution in [3.05, 3.63) is 41.5 Å². The molecule has 0 aromatic heterocycles. The third kappa shape index (κ3) is 2.78. The molecule has 1 aliphatic heterocycles. The number of ether oxygens (including phenoxy) is 3. The van der Waals surface area contributed by atoms with E-state index in [4.69, 9.17) is 14.2 Å². The fourth-order valence-electron chi connectivity index (χ4n) is 2.51. The Kier molecular flexibility index (Phi) is 3.67. The van der Waals surface area contributed by atoms with Gasteiger partial charge in [0.25, 0.3) is 5.79 Å². The number of benzene rings is 2. The number of methoxy groups -OCH3 is 1. The first-order chi connectivity index (χ1) is 11.3. The highest BCUT2D eigenvalue weighted by Crippen LogP contribution is 2.33. The molecule has 1 N–H and O–H groups in total. The Morgan fingerprint density at radius 2 is 1.71 bits per heavy atom. The molecule has 6 heteroatoms. The second-order valence-electron chi connectivity index (χ2n) is 5.82. The number of hydrogen-bond acceptors (Lipinski definition) is 6. The molecule has 124 valence electrons. The van der Waals surface area contributed by atoms with Gasteiger partial charge in [0.1, 0.15) is 17.1 Å². The minimum Gasteiger partial charge on any atom is -0.507 e. The van der Waals surface area contributed by atoms with Crippen LogP contribution in [0.5, 0.6) is 11.5 Å². The van der Waals surface area contributed by atoms with Gasteiger partial charge in [0, 0.05) is 19.4 Å². The lowest BCUT2D eigenvalue weighted by molar-refractivity contribution is -0.222. The van der Waals surface area contributed by atoms with E-state index in [2.05, 4.69) is 0 Å². The van der Waals surface area contributed by atoms with E-state index in [1.807, 2.05) is 6.07 Å². The molecule has 0 spiro atoms. The molecule has 0 saturated carbocycles. The molecule has 0 amide bonds. The second kappa shape index (κ2) is 5.56. The van der Waals surface area contributed by atoms with Gasteiger partial charge in [0.2, 0.25) is 0 Å². The van der Waals surface area contributed by atoms with Gasteiger partial charge in [-0.1, -0.05) is 12.1 Å². The highest BCUT2D eigenvalue weighted by molar-refractivity contribution is 6.19. The van der Waals surface area contributed by atoms with Crippen molar-refractivity contribution in [2.24, 2.45) is 0 Å². The molecular weight excluding hydrogens is 312 g/mol. The van der Waals surface area contributed by atoms with Gasteiger partial charge >= 0.3 is 11.9 Å². The Labute approximate surface area is 138 Å². The van der Waals surface area contributed by atoms with E-state index in [9.17, 15) is 14.7 Å². The van der Waals surface area contributed by atoms with Crippen molar-refractivity contribution in [3.63, 3.8) is 0 Å². The number of fused-ring (bicyclic) bond motifs is 1. The smallest absolute Gasteiger partial charge is 0.348 e. The van der Waals surface area contributed by atoms with E-state index in [0.29, 0.717) is 16.7 Å². The summed E-state index contributed by atoms with van der Waals surface area (Å²) in [5.74, 6) is -2.39. The van der Waals surface area contributed by atoms with Crippen LogP contribution in [0.3, 0.4) is 0 Å². The predicted octanol–water partition coefficient (Wildman–Crippen LogP) is 2.77. The Bertz CT molecular complexity index is 856. The number of phenolic OH excluding ortho intramolecular Hbond substituents is 1. The summed E-state index contributed by atoms with van der Waals surface area (Å²) in [6, 6.07) is 8.53. The number of cyclic esters (lactones) is 2. The van der Waals surface area contributed by atoms with Crippen molar-refractivity contribution in [3.8, 4) is 11.5 Å². The highest BCUT2D eigenvalue weighted by Gasteiger charge is 2.39. The zero-order chi connectivity index (χ0) is 17.5. The van der Waals surface area contributed by atoms with Gasteiger partial charge in [-0.3, -0.25) is 0 Å². The molecule has 1 saturated heterocycles. The third-order valence-electron chi connectivity index (χ3n) is 3.65. The molecule has 2 aromatic carbocycles. The third-order valence-corrected chi connectivity index (χ3v) is 3.65. The molecule has 0 aliphatic carbocycles. The Balaban J connectivity index is 2.17. The van der Waals surface area contributed by atoms with Crippen LogP contribution in [0.1, 0.15) is 19.4 Å². The van der Waals surface area contributed by atoms with Gasteiger partial charge in [-0.2, -0.15) is 0 Å². The maximum Gasteiger partial charge on any atom is 0.348 e. The monoisotopic (exact) mass is 328 g/mol. The number of phenols is 1. The summed E-state index contributed by atoms with van der Waals surface area (Å²) in [5.41, 5.74) is 0.0370.